The molecule has 3 rings (SSSR count). The van der Waals surface area contributed by atoms with Crippen LogP contribution in [0, 0.1) is 11.8 Å². The van der Waals surface area contributed by atoms with Crippen molar-refractivity contribution in [2.45, 2.75) is 25.9 Å². The van der Waals surface area contributed by atoms with Crippen molar-refractivity contribution in [2.24, 2.45) is 17.6 Å². The molecule has 2 N–H and O–H groups in total. The molecule has 1 amide bonds. The molecular weight excluding hydrogens is 339 g/mol. The molecule has 7 heteroatoms. The number of amides is 1. The number of halogens is 1. The van der Waals surface area contributed by atoms with E-state index in [4.69, 9.17) is 15.2 Å². The van der Waals surface area contributed by atoms with Gasteiger partial charge in [0.05, 0.1) is 19.3 Å². The topological polar surface area (TPSA) is 91.5 Å². The maximum Gasteiger partial charge on any atom is 0.252 e. The molecule has 3 atom stereocenters. The van der Waals surface area contributed by atoms with E-state index >= 15 is 0 Å². The highest BCUT2D eigenvalue weighted by atomic mass is 19.1. The summed E-state index contributed by atoms with van der Waals surface area (Å²) in [6.45, 7) is 2.08. The fourth-order valence-electron chi connectivity index (χ4n) is 3.56. The Balaban J connectivity index is 1.89. The van der Waals surface area contributed by atoms with E-state index in [-0.39, 0.29) is 36.2 Å². The van der Waals surface area contributed by atoms with E-state index in [1.807, 2.05) is 6.92 Å². The van der Waals surface area contributed by atoms with Crippen LogP contribution < -0.4 is 15.2 Å². The zero-order valence-electron chi connectivity index (χ0n) is 14.7. The SMILES string of the molecule is CC[C@H]1[C@@H](COc2nccc3cc(C(N)=O)c(OC)cc23)CC(=O)[C@H]1F. The first-order valence-corrected chi connectivity index (χ1v) is 8.52. The zero-order valence-corrected chi connectivity index (χ0v) is 14.7. The number of primary amides is 1. The minimum absolute atomic E-state index is 0.175. The van der Waals surface area contributed by atoms with Crippen molar-refractivity contribution in [3.8, 4) is 11.6 Å². The molecule has 0 saturated heterocycles. The third-order valence-electron chi connectivity index (χ3n) is 4.97. The quantitative estimate of drug-likeness (QED) is 0.855. The van der Waals surface area contributed by atoms with Gasteiger partial charge in [-0.1, -0.05) is 6.92 Å². The van der Waals surface area contributed by atoms with Crippen molar-refractivity contribution in [1.29, 1.82) is 0 Å². The van der Waals surface area contributed by atoms with Gasteiger partial charge in [0.2, 0.25) is 5.88 Å². The highest BCUT2D eigenvalue weighted by molar-refractivity contribution is 6.01. The number of Topliss-reactive ketones (excluding diaryl/α,β-unsaturated/α-hetero) is 1. The van der Waals surface area contributed by atoms with E-state index in [2.05, 4.69) is 4.98 Å². The van der Waals surface area contributed by atoms with Gasteiger partial charge in [-0.25, -0.2) is 9.37 Å². The lowest BCUT2D eigenvalue weighted by atomic mass is 9.93. The second-order valence-electron chi connectivity index (χ2n) is 6.47. The van der Waals surface area contributed by atoms with E-state index in [1.54, 1.807) is 24.4 Å². The van der Waals surface area contributed by atoms with E-state index < -0.39 is 12.1 Å². The molecule has 1 aliphatic carbocycles. The Bertz CT molecular complexity index is 855. The smallest absolute Gasteiger partial charge is 0.252 e. The number of aromatic nitrogens is 1. The molecule has 1 aliphatic rings. The van der Waals surface area contributed by atoms with Crippen LogP contribution in [0.2, 0.25) is 0 Å². The van der Waals surface area contributed by atoms with Gasteiger partial charge in [0.25, 0.3) is 5.91 Å². The molecule has 0 bridgehead atoms. The number of nitrogens with two attached hydrogens (primary N) is 1. The van der Waals surface area contributed by atoms with Crippen LogP contribution in [0.15, 0.2) is 24.4 Å². The number of hydrogen-bond acceptors (Lipinski definition) is 5. The van der Waals surface area contributed by atoms with Gasteiger partial charge in [-0.15, -0.1) is 0 Å². The van der Waals surface area contributed by atoms with Gasteiger partial charge in [0, 0.05) is 29.8 Å². The normalized spacial score (nSPS) is 22.6. The fourth-order valence-corrected chi connectivity index (χ4v) is 3.56. The molecule has 1 aromatic carbocycles. The Hall–Kier alpha value is -2.70. The van der Waals surface area contributed by atoms with Gasteiger partial charge in [0.15, 0.2) is 12.0 Å². The van der Waals surface area contributed by atoms with Crippen LogP contribution in [0.3, 0.4) is 0 Å². The molecule has 0 radical (unpaired) electrons. The molecule has 1 saturated carbocycles. The number of ether oxygens (including phenoxy) is 2. The monoisotopic (exact) mass is 360 g/mol. The lowest BCUT2D eigenvalue weighted by Gasteiger charge is -2.19. The predicted octanol–water partition coefficient (Wildman–Crippen LogP) is 2.67. The van der Waals surface area contributed by atoms with Crippen molar-refractivity contribution in [3.05, 3.63) is 30.0 Å². The fraction of sp³-hybridized carbons (Fsp3) is 0.421. The Morgan fingerprint density at radius 3 is 2.85 bits per heavy atom. The molecule has 1 fully saturated rings. The molecule has 0 unspecified atom stereocenters. The molecule has 138 valence electrons. The second kappa shape index (κ2) is 7.27. The van der Waals surface area contributed by atoms with Gasteiger partial charge in [-0.05, 0) is 30.0 Å². The van der Waals surface area contributed by atoms with Crippen molar-refractivity contribution in [2.75, 3.05) is 13.7 Å². The number of methoxy groups -OCH3 is 1. The van der Waals surface area contributed by atoms with Gasteiger partial charge >= 0.3 is 0 Å². The summed E-state index contributed by atoms with van der Waals surface area (Å²) in [7, 11) is 1.45. The minimum atomic E-state index is -1.41. The Labute approximate surface area is 150 Å². The lowest BCUT2D eigenvalue weighted by Crippen LogP contribution is -2.22. The summed E-state index contributed by atoms with van der Waals surface area (Å²) in [5, 5.41) is 1.38. The molecule has 0 spiro atoms. The summed E-state index contributed by atoms with van der Waals surface area (Å²) in [5.74, 6) is -0.772. The minimum Gasteiger partial charge on any atom is -0.496 e. The zero-order chi connectivity index (χ0) is 18.8. The summed E-state index contributed by atoms with van der Waals surface area (Å²) < 4.78 is 25.0. The largest absolute Gasteiger partial charge is 0.496 e. The Kier molecular flexibility index (Phi) is 5.06. The van der Waals surface area contributed by atoms with Crippen LogP contribution in [-0.2, 0) is 4.79 Å². The van der Waals surface area contributed by atoms with Crippen LogP contribution >= 0.6 is 0 Å². The van der Waals surface area contributed by atoms with Crippen LogP contribution in [0.4, 0.5) is 4.39 Å². The predicted molar refractivity (Wildman–Crippen MR) is 94.1 cm³/mol. The van der Waals surface area contributed by atoms with Crippen molar-refractivity contribution in [1.82, 2.24) is 4.98 Å². The highest BCUT2D eigenvalue weighted by Crippen LogP contribution is 2.36. The summed E-state index contributed by atoms with van der Waals surface area (Å²) in [4.78, 5) is 27.5. The number of carbonyl (C=O) groups excluding carboxylic acids is 2. The van der Waals surface area contributed by atoms with E-state index in [9.17, 15) is 14.0 Å². The maximum atomic E-state index is 13.9. The average molecular weight is 360 g/mol. The van der Waals surface area contributed by atoms with Gasteiger partial charge in [-0.3, -0.25) is 9.59 Å². The molecule has 1 aromatic heterocycles. The Morgan fingerprint density at radius 2 is 2.19 bits per heavy atom. The van der Waals surface area contributed by atoms with E-state index in [0.717, 1.165) is 5.39 Å². The third-order valence-corrected chi connectivity index (χ3v) is 4.97. The summed E-state index contributed by atoms with van der Waals surface area (Å²) in [6, 6.07) is 5.00. The average Bonchev–Trinajstić information content (AvgIpc) is 2.91. The summed E-state index contributed by atoms with van der Waals surface area (Å²) >= 11 is 0. The molecule has 0 aliphatic heterocycles. The number of nitrogens with zero attached hydrogens (tertiary/aromatic N) is 1. The molecule has 26 heavy (non-hydrogen) atoms. The summed E-state index contributed by atoms with van der Waals surface area (Å²) in [6.07, 6.45) is 0.913. The standard InChI is InChI=1S/C19H21FN2O4/c1-3-12-11(7-15(23)17(12)20)9-26-19-13-8-16(25-2)14(18(21)24)6-10(13)4-5-22-19/h4-6,8,11-12,17H,3,7,9H2,1-2H3,(H2,21,24)/t11-,12+,17+/m1/s1. The first-order valence-electron chi connectivity index (χ1n) is 8.52. The van der Waals surface area contributed by atoms with Crippen molar-refractivity contribution >= 4 is 22.5 Å². The molecule has 2 aromatic rings. The molecule has 6 nitrogen and oxygen atoms in total. The number of rotatable bonds is 6. The number of fused-ring (bicyclic) bond motifs is 1. The number of ketones is 1. The van der Waals surface area contributed by atoms with Crippen molar-refractivity contribution in [3.63, 3.8) is 0 Å². The lowest BCUT2D eigenvalue weighted by molar-refractivity contribution is -0.122. The second-order valence-corrected chi connectivity index (χ2v) is 6.47. The van der Waals surface area contributed by atoms with Crippen LogP contribution in [0.25, 0.3) is 10.8 Å². The van der Waals surface area contributed by atoms with E-state index in [1.165, 1.54) is 7.11 Å². The van der Waals surface area contributed by atoms with Gasteiger partial charge in [0.1, 0.15) is 5.75 Å². The summed E-state index contributed by atoms with van der Waals surface area (Å²) in [5.41, 5.74) is 5.65. The van der Waals surface area contributed by atoms with Crippen LogP contribution in [-0.4, -0.2) is 36.6 Å². The maximum absolute atomic E-state index is 13.9. The molecular formula is C19H21FN2O4. The Morgan fingerprint density at radius 1 is 1.42 bits per heavy atom. The molecule has 1 heterocycles. The van der Waals surface area contributed by atoms with Crippen molar-refractivity contribution < 1.29 is 23.5 Å². The third kappa shape index (κ3) is 3.21. The first kappa shape index (κ1) is 18.1. The van der Waals surface area contributed by atoms with Crippen LogP contribution in [0.1, 0.15) is 30.1 Å². The number of benzene rings is 1. The highest BCUT2D eigenvalue weighted by Gasteiger charge is 2.42. The number of alkyl halides is 1. The van der Waals surface area contributed by atoms with Gasteiger partial charge < -0.3 is 15.2 Å². The number of hydrogen-bond donors (Lipinski definition) is 1. The number of carbonyl (C=O) groups is 2. The van der Waals surface area contributed by atoms with Crippen LogP contribution in [0.5, 0.6) is 11.6 Å². The van der Waals surface area contributed by atoms with Gasteiger partial charge in [-0.2, -0.15) is 0 Å². The first-order chi connectivity index (χ1) is 12.5. The van der Waals surface area contributed by atoms with E-state index in [0.29, 0.717) is 23.4 Å². The number of pyridine rings is 1.